The molecule has 0 aliphatic heterocycles. The molecule has 0 fully saturated rings. The number of aromatic hydroxyl groups is 1. The standard InChI is InChI=1S/C29H25NO5S/c1-19-4-11-24(12-5-19)36(32,33)30-15-14-22-16-21(8-13-27(22)30)26-18-28(34-2)25(17-29(26)35-3)20-6-9-23(31)10-7-20/h4-18,31H,1-3H3. The Hall–Kier alpha value is -4.23. The number of fused-ring (bicyclic) bond motifs is 1. The maximum atomic E-state index is 13.3. The third-order valence-corrected chi connectivity index (χ3v) is 7.95. The van der Waals surface area contributed by atoms with Crippen molar-refractivity contribution >= 4 is 20.9 Å². The van der Waals surface area contributed by atoms with E-state index in [-0.39, 0.29) is 10.6 Å². The molecule has 0 aliphatic rings. The molecule has 0 unspecified atom stereocenters. The zero-order chi connectivity index (χ0) is 25.4. The minimum Gasteiger partial charge on any atom is -0.508 e. The first-order valence-electron chi connectivity index (χ1n) is 11.3. The lowest BCUT2D eigenvalue weighted by Crippen LogP contribution is -2.11. The van der Waals surface area contributed by atoms with Gasteiger partial charge in [-0.25, -0.2) is 12.4 Å². The summed E-state index contributed by atoms with van der Waals surface area (Å²) < 4.78 is 39.2. The Morgan fingerprint density at radius 1 is 0.722 bits per heavy atom. The summed E-state index contributed by atoms with van der Waals surface area (Å²) in [4.78, 5) is 0.242. The van der Waals surface area contributed by atoms with Crippen LogP contribution >= 0.6 is 0 Å². The monoisotopic (exact) mass is 499 g/mol. The molecule has 1 heterocycles. The molecule has 36 heavy (non-hydrogen) atoms. The van der Waals surface area contributed by atoms with Crippen molar-refractivity contribution in [3.8, 4) is 39.5 Å². The van der Waals surface area contributed by atoms with Gasteiger partial charge in [0.1, 0.15) is 17.2 Å². The van der Waals surface area contributed by atoms with E-state index in [0.717, 1.165) is 33.2 Å². The first-order valence-corrected chi connectivity index (χ1v) is 12.7. The summed E-state index contributed by atoms with van der Waals surface area (Å²) in [6.07, 6.45) is 1.58. The Labute approximate surface area is 210 Å². The van der Waals surface area contributed by atoms with Crippen molar-refractivity contribution in [3.63, 3.8) is 0 Å². The summed E-state index contributed by atoms with van der Waals surface area (Å²) >= 11 is 0. The van der Waals surface area contributed by atoms with E-state index in [4.69, 9.17) is 9.47 Å². The van der Waals surface area contributed by atoms with Crippen molar-refractivity contribution in [2.45, 2.75) is 11.8 Å². The van der Waals surface area contributed by atoms with Crippen molar-refractivity contribution < 1.29 is 23.0 Å². The number of phenolic OH excluding ortho intramolecular Hbond substituents is 1. The van der Waals surface area contributed by atoms with Gasteiger partial charge in [-0.15, -0.1) is 0 Å². The van der Waals surface area contributed by atoms with E-state index >= 15 is 0 Å². The molecular formula is C29H25NO5S. The summed E-state index contributed by atoms with van der Waals surface area (Å²) in [5.74, 6) is 1.48. The van der Waals surface area contributed by atoms with Crippen LogP contribution in [-0.2, 0) is 10.0 Å². The van der Waals surface area contributed by atoms with Crippen molar-refractivity contribution in [1.82, 2.24) is 3.97 Å². The topological polar surface area (TPSA) is 77.8 Å². The molecule has 7 heteroatoms. The molecular weight excluding hydrogens is 474 g/mol. The maximum Gasteiger partial charge on any atom is 0.268 e. The third kappa shape index (κ3) is 4.07. The van der Waals surface area contributed by atoms with Gasteiger partial charge in [-0.05, 0) is 72.6 Å². The predicted octanol–water partition coefficient (Wildman–Crippen LogP) is 6.24. The van der Waals surface area contributed by atoms with Gasteiger partial charge in [-0.3, -0.25) is 0 Å². The van der Waals surface area contributed by atoms with Gasteiger partial charge in [0, 0.05) is 22.7 Å². The summed E-state index contributed by atoms with van der Waals surface area (Å²) in [5, 5.41) is 10.4. The molecule has 0 saturated heterocycles. The van der Waals surface area contributed by atoms with Crippen molar-refractivity contribution in [3.05, 3.63) is 96.7 Å². The minimum atomic E-state index is -3.73. The highest BCUT2D eigenvalue weighted by molar-refractivity contribution is 7.90. The van der Waals surface area contributed by atoms with E-state index in [0.29, 0.717) is 17.0 Å². The third-order valence-electron chi connectivity index (χ3n) is 6.24. The Kier molecular flexibility index (Phi) is 5.94. The summed E-state index contributed by atoms with van der Waals surface area (Å²) in [6, 6.07) is 24.9. The van der Waals surface area contributed by atoms with Gasteiger partial charge in [-0.2, -0.15) is 0 Å². The second-order valence-electron chi connectivity index (χ2n) is 8.50. The molecule has 0 bridgehead atoms. The lowest BCUT2D eigenvalue weighted by Gasteiger charge is -2.16. The van der Waals surface area contributed by atoms with Gasteiger partial charge >= 0.3 is 0 Å². The number of phenols is 1. The first kappa shape index (κ1) is 23.5. The van der Waals surface area contributed by atoms with E-state index in [1.54, 1.807) is 68.9 Å². The number of hydrogen-bond acceptors (Lipinski definition) is 5. The maximum absolute atomic E-state index is 13.3. The zero-order valence-corrected chi connectivity index (χ0v) is 20.9. The molecule has 4 aromatic carbocycles. The van der Waals surface area contributed by atoms with E-state index in [9.17, 15) is 13.5 Å². The second kappa shape index (κ2) is 9.09. The van der Waals surface area contributed by atoms with Crippen LogP contribution in [-0.4, -0.2) is 31.7 Å². The fourth-order valence-corrected chi connectivity index (χ4v) is 5.66. The van der Waals surface area contributed by atoms with Gasteiger partial charge in [-0.1, -0.05) is 35.9 Å². The van der Waals surface area contributed by atoms with Crippen LogP contribution in [0.15, 0.2) is 96.0 Å². The van der Waals surface area contributed by atoms with Crippen LogP contribution in [0.3, 0.4) is 0 Å². The van der Waals surface area contributed by atoms with Gasteiger partial charge in [0.25, 0.3) is 10.0 Å². The largest absolute Gasteiger partial charge is 0.508 e. The number of benzene rings is 4. The van der Waals surface area contributed by atoms with Gasteiger partial charge < -0.3 is 14.6 Å². The zero-order valence-electron chi connectivity index (χ0n) is 20.1. The summed E-state index contributed by atoms with van der Waals surface area (Å²) in [7, 11) is -0.513. The molecule has 0 saturated carbocycles. The quantitative estimate of drug-likeness (QED) is 0.299. The molecule has 1 aromatic heterocycles. The van der Waals surface area contributed by atoms with Gasteiger partial charge in [0.15, 0.2) is 0 Å². The van der Waals surface area contributed by atoms with Crippen LogP contribution in [0.1, 0.15) is 5.56 Å². The van der Waals surface area contributed by atoms with Crippen LogP contribution in [0.5, 0.6) is 17.2 Å². The van der Waals surface area contributed by atoms with Crippen molar-refractivity contribution in [2.75, 3.05) is 14.2 Å². The molecule has 0 atom stereocenters. The summed E-state index contributed by atoms with van der Waals surface area (Å²) in [6.45, 7) is 1.92. The predicted molar refractivity (Wildman–Crippen MR) is 141 cm³/mol. The van der Waals surface area contributed by atoms with Crippen molar-refractivity contribution in [2.24, 2.45) is 0 Å². The fraction of sp³-hybridized carbons (Fsp3) is 0.103. The van der Waals surface area contributed by atoms with Gasteiger partial charge in [0.2, 0.25) is 0 Å². The number of methoxy groups -OCH3 is 2. The van der Waals surface area contributed by atoms with Crippen LogP contribution in [0.4, 0.5) is 0 Å². The SMILES string of the molecule is COc1cc(-c2ccc3c(ccn3S(=O)(=O)c3ccc(C)cc3)c2)c(OC)cc1-c1ccc(O)cc1. The fourth-order valence-electron chi connectivity index (χ4n) is 4.31. The average Bonchev–Trinajstić information content (AvgIpc) is 3.33. The van der Waals surface area contributed by atoms with Crippen LogP contribution in [0.2, 0.25) is 0 Å². The second-order valence-corrected chi connectivity index (χ2v) is 10.3. The lowest BCUT2D eigenvalue weighted by atomic mass is 9.97. The molecule has 1 N–H and O–H groups in total. The van der Waals surface area contributed by atoms with E-state index in [1.165, 1.54) is 3.97 Å². The normalized spacial score (nSPS) is 11.5. The number of aryl methyl sites for hydroxylation is 1. The Morgan fingerprint density at radius 3 is 1.92 bits per heavy atom. The highest BCUT2D eigenvalue weighted by Gasteiger charge is 2.20. The number of rotatable bonds is 6. The number of hydrogen-bond donors (Lipinski definition) is 1. The van der Waals surface area contributed by atoms with Crippen LogP contribution < -0.4 is 9.47 Å². The Bertz CT molecular complexity index is 1670. The van der Waals surface area contributed by atoms with E-state index in [2.05, 4.69) is 0 Å². The molecule has 182 valence electrons. The highest BCUT2D eigenvalue weighted by Crippen LogP contribution is 2.42. The lowest BCUT2D eigenvalue weighted by molar-refractivity contribution is 0.406. The number of nitrogens with zero attached hydrogens (tertiary/aromatic N) is 1. The van der Waals surface area contributed by atoms with E-state index in [1.807, 2.05) is 43.3 Å². The van der Waals surface area contributed by atoms with Crippen molar-refractivity contribution in [1.29, 1.82) is 0 Å². The molecule has 0 aliphatic carbocycles. The first-order chi connectivity index (χ1) is 17.3. The average molecular weight is 500 g/mol. The minimum absolute atomic E-state index is 0.186. The summed E-state index contributed by atoms with van der Waals surface area (Å²) in [5.41, 5.74) is 4.97. The van der Waals surface area contributed by atoms with E-state index < -0.39 is 10.0 Å². The molecule has 5 rings (SSSR count). The van der Waals surface area contributed by atoms with Crippen LogP contribution in [0, 0.1) is 6.92 Å². The smallest absolute Gasteiger partial charge is 0.268 e. The highest BCUT2D eigenvalue weighted by atomic mass is 32.2. The van der Waals surface area contributed by atoms with Gasteiger partial charge in [0.05, 0.1) is 24.6 Å². The molecule has 0 amide bonds. The Balaban J connectivity index is 1.60. The Morgan fingerprint density at radius 2 is 1.31 bits per heavy atom. The molecule has 5 aromatic rings. The molecule has 6 nitrogen and oxygen atoms in total. The number of ether oxygens (including phenoxy) is 2. The number of aromatic nitrogens is 1. The molecule has 0 spiro atoms. The van der Waals surface area contributed by atoms with Crippen LogP contribution in [0.25, 0.3) is 33.2 Å². The molecule has 0 radical (unpaired) electrons.